The van der Waals surface area contributed by atoms with Gasteiger partial charge in [0.2, 0.25) is 5.16 Å². The number of rotatable bonds is 7. The van der Waals surface area contributed by atoms with Gasteiger partial charge in [-0.15, -0.1) is 16.4 Å². The SMILES string of the molecule is COc1ccc(-c2nc(SCc3csc(-c4cccc(OC)c4)n3)n[nH]2)cc1. The Labute approximate surface area is 171 Å². The minimum absolute atomic E-state index is 0.696. The average molecular weight is 411 g/mol. The Hall–Kier alpha value is -2.84. The van der Waals surface area contributed by atoms with Crippen LogP contribution in [0, 0.1) is 0 Å². The monoisotopic (exact) mass is 410 g/mol. The number of hydrogen-bond acceptors (Lipinski definition) is 7. The summed E-state index contributed by atoms with van der Waals surface area (Å²) in [4.78, 5) is 9.27. The lowest BCUT2D eigenvalue weighted by Crippen LogP contribution is -1.85. The van der Waals surface area contributed by atoms with Crippen LogP contribution in [0.3, 0.4) is 0 Å². The van der Waals surface area contributed by atoms with Crippen molar-refractivity contribution in [1.82, 2.24) is 20.2 Å². The van der Waals surface area contributed by atoms with Gasteiger partial charge in [-0.1, -0.05) is 23.9 Å². The minimum Gasteiger partial charge on any atom is -0.497 e. The van der Waals surface area contributed by atoms with Crippen molar-refractivity contribution in [3.05, 3.63) is 59.6 Å². The number of benzene rings is 2. The molecule has 0 atom stereocenters. The number of aromatic amines is 1. The standard InChI is InChI=1S/C20H18N4O2S2/c1-25-16-8-6-13(7-9-16)18-22-20(24-23-18)28-12-15-11-27-19(21-15)14-4-3-5-17(10-14)26-2/h3-11H,12H2,1-2H3,(H,22,23,24). The topological polar surface area (TPSA) is 72.9 Å². The predicted molar refractivity (Wildman–Crippen MR) is 112 cm³/mol. The van der Waals surface area contributed by atoms with Gasteiger partial charge in [0.05, 0.1) is 19.9 Å². The summed E-state index contributed by atoms with van der Waals surface area (Å²) in [5.74, 6) is 3.09. The molecule has 0 aliphatic carbocycles. The predicted octanol–water partition coefficient (Wildman–Crippen LogP) is 4.90. The number of ether oxygens (including phenoxy) is 2. The highest BCUT2D eigenvalue weighted by Crippen LogP contribution is 2.29. The molecular weight excluding hydrogens is 392 g/mol. The summed E-state index contributed by atoms with van der Waals surface area (Å²) in [6.07, 6.45) is 0. The molecule has 2 aromatic heterocycles. The summed E-state index contributed by atoms with van der Waals surface area (Å²) >= 11 is 3.18. The van der Waals surface area contributed by atoms with Crippen molar-refractivity contribution in [3.8, 4) is 33.5 Å². The summed E-state index contributed by atoms with van der Waals surface area (Å²) < 4.78 is 10.5. The van der Waals surface area contributed by atoms with Crippen LogP contribution in [0.2, 0.25) is 0 Å². The van der Waals surface area contributed by atoms with E-state index < -0.39 is 0 Å². The van der Waals surface area contributed by atoms with E-state index >= 15 is 0 Å². The Morgan fingerprint density at radius 1 is 0.964 bits per heavy atom. The fraction of sp³-hybridized carbons (Fsp3) is 0.150. The van der Waals surface area contributed by atoms with Gasteiger partial charge in [-0.25, -0.2) is 9.97 Å². The van der Waals surface area contributed by atoms with Gasteiger partial charge in [0.25, 0.3) is 0 Å². The molecule has 0 amide bonds. The van der Waals surface area contributed by atoms with Crippen molar-refractivity contribution in [2.75, 3.05) is 14.2 Å². The van der Waals surface area contributed by atoms with Crippen molar-refractivity contribution in [1.29, 1.82) is 0 Å². The molecule has 1 N–H and O–H groups in total. The molecule has 0 saturated carbocycles. The summed E-state index contributed by atoms with van der Waals surface area (Å²) in [6, 6.07) is 15.6. The minimum atomic E-state index is 0.696. The molecule has 0 aliphatic rings. The zero-order valence-corrected chi connectivity index (χ0v) is 17.0. The van der Waals surface area contributed by atoms with Crippen molar-refractivity contribution >= 4 is 23.1 Å². The van der Waals surface area contributed by atoms with Crippen molar-refractivity contribution in [3.63, 3.8) is 0 Å². The van der Waals surface area contributed by atoms with E-state index in [0.717, 1.165) is 39.2 Å². The van der Waals surface area contributed by atoms with Gasteiger partial charge < -0.3 is 9.47 Å². The fourth-order valence-electron chi connectivity index (χ4n) is 2.59. The van der Waals surface area contributed by atoms with Gasteiger partial charge in [0.15, 0.2) is 5.82 Å². The molecule has 2 heterocycles. The molecule has 142 valence electrons. The van der Waals surface area contributed by atoms with Crippen molar-refractivity contribution in [2.45, 2.75) is 10.9 Å². The average Bonchev–Trinajstić information content (AvgIpc) is 3.42. The Bertz CT molecular complexity index is 1060. The van der Waals surface area contributed by atoms with Crippen LogP contribution in [0.4, 0.5) is 0 Å². The maximum absolute atomic E-state index is 5.29. The van der Waals surface area contributed by atoms with E-state index in [0.29, 0.717) is 10.9 Å². The van der Waals surface area contributed by atoms with Crippen LogP contribution in [0.15, 0.2) is 59.1 Å². The summed E-state index contributed by atoms with van der Waals surface area (Å²) in [5, 5.41) is 11.0. The van der Waals surface area contributed by atoms with Gasteiger partial charge in [-0.2, -0.15) is 0 Å². The highest BCUT2D eigenvalue weighted by Gasteiger charge is 2.10. The fourth-order valence-corrected chi connectivity index (χ4v) is 4.20. The lowest BCUT2D eigenvalue weighted by atomic mass is 10.2. The van der Waals surface area contributed by atoms with Crippen molar-refractivity contribution < 1.29 is 9.47 Å². The highest BCUT2D eigenvalue weighted by molar-refractivity contribution is 7.98. The number of hydrogen-bond donors (Lipinski definition) is 1. The van der Waals surface area contributed by atoms with E-state index in [1.54, 1.807) is 37.3 Å². The molecule has 0 fully saturated rings. The first kappa shape index (κ1) is 18.5. The second-order valence-electron chi connectivity index (χ2n) is 5.86. The van der Waals surface area contributed by atoms with Crippen LogP contribution < -0.4 is 9.47 Å². The molecule has 2 aromatic carbocycles. The molecule has 4 aromatic rings. The number of nitrogens with zero attached hydrogens (tertiary/aromatic N) is 3. The quantitative estimate of drug-likeness (QED) is 0.437. The summed E-state index contributed by atoms with van der Waals surface area (Å²) in [6.45, 7) is 0. The smallest absolute Gasteiger partial charge is 0.209 e. The van der Waals surface area contributed by atoms with E-state index in [1.165, 1.54) is 0 Å². The van der Waals surface area contributed by atoms with E-state index in [4.69, 9.17) is 14.5 Å². The molecule has 0 radical (unpaired) electrons. The number of thioether (sulfide) groups is 1. The van der Waals surface area contributed by atoms with Crippen LogP contribution in [0.5, 0.6) is 11.5 Å². The number of methoxy groups -OCH3 is 2. The first-order valence-electron chi connectivity index (χ1n) is 8.53. The van der Waals surface area contributed by atoms with Crippen LogP contribution >= 0.6 is 23.1 Å². The third-order valence-corrected chi connectivity index (χ3v) is 5.87. The second kappa shape index (κ2) is 8.45. The van der Waals surface area contributed by atoms with E-state index in [9.17, 15) is 0 Å². The second-order valence-corrected chi connectivity index (χ2v) is 7.66. The van der Waals surface area contributed by atoms with Gasteiger partial charge in [-0.05, 0) is 36.4 Å². The van der Waals surface area contributed by atoms with Gasteiger partial charge in [-0.3, -0.25) is 5.10 Å². The molecule has 6 nitrogen and oxygen atoms in total. The van der Waals surface area contributed by atoms with E-state index in [1.807, 2.05) is 48.5 Å². The zero-order valence-electron chi connectivity index (χ0n) is 15.4. The molecule has 0 spiro atoms. The molecule has 0 saturated heterocycles. The molecule has 0 bridgehead atoms. The summed E-state index contributed by atoms with van der Waals surface area (Å²) in [7, 11) is 3.32. The Morgan fingerprint density at radius 3 is 2.57 bits per heavy atom. The van der Waals surface area contributed by atoms with Gasteiger partial charge >= 0.3 is 0 Å². The Morgan fingerprint density at radius 2 is 1.79 bits per heavy atom. The Balaban J connectivity index is 1.41. The van der Waals surface area contributed by atoms with Crippen LogP contribution in [0.25, 0.3) is 22.0 Å². The van der Waals surface area contributed by atoms with Crippen LogP contribution in [-0.4, -0.2) is 34.4 Å². The largest absolute Gasteiger partial charge is 0.497 e. The molecule has 8 heteroatoms. The van der Waals surface area contributed by atoms with E-state index in [-0.39, 0.29) is 0 Å². The first-order chi connectivity index (χ1) is 13.7. The van der Waals surface area contributed by atoms with Crippen LogP contribution in [-0.2, 0) is 5.75 Å². The summed E-state index contributed by atoms with van der Waals surface area (Å²) in [5.41, 5.74) is 3.03. The highest BCUT2D eigenvalue weighted by atomic mass is 32.2. The van der Waals surface area contributed by atoms with Gasteiger partial charge in [0, 0.05) is 22.3 Å². The zero-order chi connectivity index (χ0) is 19.3. The van der Waals surface area contributed by atoms with Crippen LogP contribution in [0.1, 0.15) is 5.69 Å². The number of thiazole rings is 1. The Kier molecular flexibility index (Phi) is 5.59. The number of nitrogens with one attached hydrogen (secondary N) is 1. The van der Waals surface area contributed by atoms with Gasteiger partial charge in [0.1, 0.15) is 16.5 Å². The molecule has 28 heavy (non-hydrogen) atoms. The maximum Gasteiger partial charge on any atom is 0.209 e. The third-order valence-electron chi connectivity index (χ3n) is 4.05. The van der Waals surface area contributed by atoms with E-state index in [2.05, 4.69) is 20.6 Å². The number of aromatic nitrogens is 4. The molecule has 4 rings (SSSR count). The number of H-pyrrole nitrogens is 1. The molecular formula is C20H18N4O2S2. The lowest BCUT2D eigenvalue weighted by molar-refractivity contribution is 0.415. The van der Waals surface area contributed by atoms with Crippen molar-refractivity contribution in [2.24, 2.45) is 0 Å². The molecule has 0 aliphatic heterocycles. The molecule has 0 unspecified atom stereocenters. The lowest BCUT2D eigenvalue weighted by Gasteiger charge is -2.01. The normalized spacial score (nSPS) is 10.8. The first-order valence-corrected chi connectivity index (χ1v) is 10.4. The third kappa shape index (κ3) is 4.18. The maximum atomic E-state index is 5.29.